The molecule has 5 heteroatoms. The van der Waals surface area contributed by atoms with Gasteiger partial charge in [-0.25, -0.2) is 4.98 Å². The zero-order valence-corrected chi connectivity index (χ0v) is 14.0. The monoisotopic (exact) mass is 318 g/mol. The molecule has 1 atom stereocenters. The maximum Gasteiger partial charge on any atom is 0.251 e. The number of aliphatic hydroxyl groups is 1. The van der Waals surface area contributed by atoms with Crippen molar-refractivity contribution in [3.8, 4) is 0 Å². The summed E-state index contributed by atoms with van der Waals surface area (Å²) < 4.78 is 0. The summed E-state index contributed by atoms with van der Waals surface area (Å²) >= 11 is 1.53. The van der Waals surface area contributed by atoms with E-state index in [1.54, 1.807) is 20.0 Å². The maximum atomic E-state index is 12.2. The van der Waals surface area contributed by atoms with Crippen molar-refractivity contribution in [2.45, 2.75) is 45.3 Å². The Balaban J connectivity index is 1.93. The lowest BCUT2D eigenvalue weighted by atomic mass is 9.98. The minimum absolute atomic E-state index is 0.0950. The van der Waals surface area contributed by atoms with Gasteiger partial charge < -0.3 is 10.4 Å². The fourth-order valence-corrected chi connectivity index (χ4v) is 2.71. The lowest BCUT2D eigenvalue weighted by Gasteiger charge is -2.16. The first-order valence-electron chi connectivity index (χ1n) is 7.37. The van der Waals surface area contributed by atoms with Crippen LogP contribution in [0.3, 0.4) is 0 Å². The van der Waals surface area contributed by atoms with Gasteiger partial charge in [-0.2, -0.15) is 0 Å². The Labute approximate surface area is 135 Å². The van der Waals surface area contributed by atoms with Crippen LogP contribution in [0.2, 0.25) is 0 Å². The molecule has 2 N–H and O–H groups in total. The number of nitrogens with one attached hydrogen (secondary N) is 1. The van der Waals surface area contributed by atoms with Crippen LogP contribution in [0.1, 0.15) is 54.2 Å². The van der Waals surface area contributed by atoms with Crippen molar-refractivity contribution < 1.29 is 9.90 Å². The summed E-state index contributed by atoms with van der Waals surface area (Å²) in [5, 5.41) is 15.5. The highest BCUT2D eigenvalue weighted by Crippen LogP contribution is 2.17. The third-order valence-corrected chi connectivity index (χ3v) is 4.37. The molecule has 0 aliphatic heterocycles. The summed E-state index contributed by atoms with van der Waals surface area (Å²) in [5.41, 5.74) is 1.08. The summed E-state index contributed by atoms with van der Waals surface area (Å²) in [6, 6.07) is 7.43. The van der Waals surface area contributed by atoms with Gasteiger partial charge in [-0.1, -0.05) is 12.1 Å². The van der Waals surface area contributed by atoms with Gasteiger partial charge in [0.2, 0.25) is 0 Å². The van der Waals surface area contributed by atoms with Crippen molar-refractivity contribution in [2.75, 3.05) is 0 Å². The summed E-state index contributed by atoms with van der Waals surface area (Å²) in [6.45, 7) is 5.53. The molecule has 2 aromatic rings. The average molecular weight is 318 g/mol. The van der Waals surface area contributed by atoms with E-state index in [9.17, 15) is 9.90 Å². The third-order valence-electron chi connectivity index (χ3n) is 3.41. The predicted molar refractivity (Wildman–Crippen MR) is 89.1 cm³/mol. The average Bonchev–Trinajstić information content (AvgIpc) is 2.99. The number of carbonyl (C=O) groups is 1. The van der Waals surface area contributed by atoms with Crippen molar-refractivity contribution in [3.05, 3.63) is 52.0 Å². The lowest BCUT2D eigenvalue weighted by molar-refractivity contribution is 0.0713. The zero-order chi connectivity index (χ0) is 16.2. The number of nitrogens with zero attached hydrogens (tertiary/aromatic N) is 1. The highest BCUT2D eigenvalue weighted by molar-refractivity contribution is 7.09. The van der Waals surface area contributed by atoms with Crippen LogP contribution in [-0.4, -0.2) is 21.6 Å². The first-order chi connectivity index (χ1) is 10.3. The molecule has 0 radical (unpaired) electrons. The molecule has 2 rings (SSSR count). The van der Waals surface area contributed by atoms with Crippen LogP contribution in [0.4, 0.5) is 0 Å². The number of carbonyl (C=O) groups excluding carboxylic acids is 1. The van der Waals surface area contributed by atoms with Crippen molar-refractivity contribution in [1.29, 1.82) is 0 Å². The minimum atomic E-state index is -0.667. The predicted octanol–water partition coefficient (Wildman–Crippen LogP) is 3.34. The highest BCUT2D eigenvalue weighted by Gasteiger charge is 2.14. The van der Waals surface area contributed by atoms with E-state index in [-0.39, 0.29) is 11.9 Å². The van der Waals surface area contributed by atoms with E-state index in [0.717, 1.165) is 17.0 Å². The van der Waals surface area contributed by atoms with Crippen LogP contribution in [0.5, 0.6) is 0 Å². The van der Waals surface area contributed by atoms with Gasteiger partial charge >= 0.3 is 0 Å². The quantitative estimate of drug-likeness (QED) is 0.858. The number of amides is 1. The molecule has 0 saturated heterocycles. The summed E-state index contributed by atoms with van der Waals surface area (Å²) in [7, 11) is 0. The van der Waals surface area contributed by atoms with Crippen LogP contribution in [0, 0.1) is 0 Å². The van der Waals surface area contributed by atoms with E-state index >= 15 is 0 Å². The van der Waals surface area contributed by atoms with Gasteiger partial charge in [0.25, 0.3) is 5.91 Å². The Morgan fingerprint density at radius 3 is 2.59 bits per heavy atom. The number of hydrogen-bond donors (Lipinski definition) is 2. The van der Waals surface area contributed by atoms with E-state index in [0.29, 0.717) is 12.0 Å². The Kier molecular flexibility index (Phi) is 5.32. The number of hydrogen-bond acceptors (Lipinski definition) is 4. The fraction of sp³-hybridized carbons (Fsp3) is 0.412. The smallest absolute Gasteiger partial charge is 0.251 e. The van der Waals surface area contributed by atoms with Crippen molar-refractivity contribution in [3.63, 3.8) is 0 Å². The molecule has 4 nitrogen and oxygen atoms in total. The van der Waals surface area contributed by atoms with Crippen LogP contribution in [-0.2, 0) is 6.42 Å². The molecule has 1 aromatic heterocycles. The van der Waals surface area contributed by atoms with Crippen LogP contribution in [0.25, 0.3) is 0 Å². The van der Waals surface area contributed by atoms with Crippen molar-refractivity contribution in [1.82, 2.24) is 10.3 Å². The van der Waals surface area contributed by atoms with E-state index in [2.05, 4.69) is 10.3 Å². The van der Waals surface area contributed by atoms with E-state index in [4.69, 9.17) is 0 Å². The molecule has 118 valence electrons. The first-order valence-corrected chi connectivity index (χ1v) is 8.25. The molecule has 22 heavy (non-hydrogen) atoms. The van der Waals surface area contributed by atoms with Crippen molar-refractivity contribution in [2.24, 2.45) is 0 Å². The summed E-state index contributed by atoms with van der Waals surface area (Å²) in [5.74, 6) is -0.100. The molecular formula is C17H22N2O2S. The molecule has 0 aliphatic carbocycles. The van der Waals surface area contributed by atoms with Gasteiger partial charge in [0.1, 0.15) is 5.01 Å². The molecule has 1 aromatic carbocycles. The molecular weight excluding hydrogens is 296 g/mol. The Hall–Kier alpha value is -1.72. The molecule has 0 fully saturated rings. The molecule has 1 amide bonds. The standard InChI is InChI=1S/C17H22N2O2S/c1-12(16-18-10-11-22-16)19-15(20)14-6-4-13(5-7-14)8-9-17(2,3)21/h4-7,10-12,21H,8-9H2,1-3H3,(H,19,20)/t12-/m1/s1. The van der Waals surface area contributed by atoms with E-state index in [1.165, 1.54) is 11.3 Å². The van der Waals surface area contributed by atoms with Gasteiger partial charge in [-0.3, -0.25) is 4.79 Å². The topological polar surface area (TPSA) is 62.2 Å². The van der Waals surface area contributed by atoms with E-state index in [1.807, 2.05) is 36.6 Å². The van der Waals surface area contributed by atoms with Gasteiger partial charge in [0.05, 0.1) is 11.6 Å². The number of benzene rings is 1. The molecule has 1 heterocycles. The molecule has 0 saturated carbocycles. The second kappa shape index (κ2) is 7.03. The molecule has 0 aliphatic rings. The molecule has 0 unspecified atom stereocenters. The largest absolute Gasteiger partial charge is 0.390 e. The Morgan fingerprint density at radius 1 is 1.36 bits per heavy atom. The van der Waals surface area contributed by atoms with Crippen LogP contribution >= 0.6 is 11.3 Å². The normalized spacial score (nSPS) is 12.9. The SMILES string of the molecule is C[C@@H](NC(=O)c1ccc(CCC(C)(C)O)cc1)c1nccs1. The minimum Gasteiger partial charge on any atom is -0.390 e. The zero-order valence-electron chi connectivity index (χ0n) is 13.2. The highest BCUT2D eigenvalue weighted by atomic mass is 32.1. The Bertz CT molecular complexity index is 601. The Morgan fingerprint density at radius 2 is 2.05 bits per heavy atom. The van der Waals surface area contributed by atoms with Crippen LogP contribution < -0.4 is 5.32 Å². The maximum absolute atomic E-state index is 12.2. The summed E-state index contributed by atoms with van der Waals surface area (Å²) in [4.78, 5) is 16.4. The first kappa shape index (κ1) is 16.6. The fourth-order valence-electron chi connectivity index (χ4n) is 2.06. The van der Waals surface area contributed by atoms with Gasteiger partial charge in [0.15, 0.2) is 0 Å². The number of rotatable bonds is 6. The summed E-state index contributed by atoms with van der Waals surface area (Å²) in [6.07, 6.45) is 3.22. The van der Waals surface area contributed by atoms with Crippen LogP contribution in [0.15, 0.2) is 35.8 Å². The number of thiazole rings is 1. The number of aryl methyl sites for hydroxylation is 1. The van der Waals surface area contributed by atoms with Gasteiger partial charge in [-0.05, 0) is 51.3 Å². The van der Waals surface area contributed by atoms with Gasteiger partial charge in [-0.15, -0.1) is 11.3 Å². The second-order valence-electron chi connectivity index (χ2n) is 6.07. The van der Waals surface area contributed by atoms with Crippen molar-refractivity contribution >= 4 is 17.2 Å². The lowest BCUT2D eigenvalue weighted by Crippen LogP contribution is -2.26. The second-order valence-corrected chi connectivity index (χ2v) is 7.00. The van der Waals surface area contributed by atoms with Gasteiger partial charge in [0, 0.05) is 17.1 Å². The molecule has 0 spiro atoms. The third kappa shape index (κ3) is 4.93. The number of aromatic nitrogens is 1. The van der Waals surface area contributed by atoms with E-state index < -0.39 is 5.60 Å². The molecule has 0 bridgehead atoms.